The molecule has 0 aliphatic heterocycles. The summed E-state index contributed by atoms with van der Waals surface area (Å²) < 4.78 is 35.6. The summed E-state index contributed by atoms with van der Waals surface area (Å²) in [5.41, 5.74) is -0.109. The molecule has 12 heteroatoms. The van der Waals surface area contributed by atoms with Crippen molar-refractivity contribution in [2.45, 2.75) is 30.7 Å². The van der Waals surface area contributed by atoms with Gasteiger partial charge in [0.05, 0.1) is 37.2 Å². The summed E-state index contributed by atoms with van der Waals surface area (Å²) in [4.78, 5) is 40.0. The second-order valence-electron chi connectivity index (χ2n) is 8.42. The summed E-state index contributed by atoms with van der Waals surface area (Å²) in [7, 11) is -3.74. The van der Waals surface area contributed by atoms with E-state index in [1.54, 1.807) is 12.4 Å². The predicted octanol–water partition coefficient (Wildman–Crippen LogP) is 1.80. The molecule has 2 bridgehead atoms. The monoisotopic (exact) mass is 509 g/mol. The zero-order valence-electron chi connectivity index (χ0n) is 18.5. The minimum Gasteiger partial charge on any atom is -0.488 e. The lowest BCUT2D eigenvalue weighted by Crippen LogP contribution is -2.41. The van der Waals surface area contributed by atoms with Gasteiger partial charge in [0.1, 0.15) is 17.4 Å². The Hall–Kier alpha value is -2.63. The molecule has 2 saturated carbocycles. The number of fused-ring (bicyclic) bond motifs is 2. The van der Waals surface area contributed by atoms with Gasteiger partial charge < -0.3 is 9.47 Å². The van der Waals surface area contributed by atoms with Crippen LogP contribution in [0.25, 0.3) is 0 Å². The fourth-order valence-corrected chi connectivity index (χ4v) is 5.67. The summed E-state index contributed by atoms with van der Waals surface area (Å²) in [6.07, 6.45) is 5.78. The lowest BCUT2D eigenvalue weighted by molar-refractivity contribution is -0.137. The quantitative estimate of drug-likeness (QED) is 0.267. The molecule has 2 fully saturated rings. The Labute approximate surface area is 201 Å². The molecule has 2 atom stereocenters. The molecule has 182 valence electrons. The van der Waals surface area contributed by atoms with Gasteiger partial charge in [-0.3, -0.25) is 14.4 Å². The van der Waals surface area contributed by atoms with Crippen LogP contribution in [0.5, 0.6) is 5.75 Å². The molecule has 0 amide bonds. The Bertz CT molecular complexity index is 1190. The molecule has 1 heterocycles. The van der Waals surface area contributed by atoms with Crippen LogP contribution in [0.3, 0.4) is 0 Å². The van der Waals surface area contributed by atoms with Crippen molar-refractivity contribution in [1.29, 1.82) is 0 Å². The Morgan fingerprint density at radius 2 is 1.74 bits per heavy atom. The second kappa shape index (κ2) is 9.93. The van der Waals surface area contributed by atoms with Gasteiger partial charge in [0.2, 0.25) is 0 Å². The van der Waals surface area contributed by atoms with E-state index in [0.29, 0.717) is 32.4 Å². The van der Waals surface area contributed by atoms with Gasteiger partial charge in [-0.2, -0.15) is 15.0 Å². The lowest BCUT2D eigenvalue weighted by Gasteiger charge is -2.25. The van der Waals surface area contributed by atoms with E-state index in [4.69, 9.17) is 21.1 Å². The molecule has 0 N–H and O–H groups in total. The van der Waals surface area contributed by atoms with Gasteiger partial charge >= 0.3 is 0 Å². The smallest absolute Gasteiger partial charge is 0.182 e. The molecule has 1 aromatic heterocycles. The first-order valence-corrected chi connectivity index (χ1v) is 13.1. The van der Waals surface area contributed by atoms with Crippen LogP contribution in [-0.2, 0) is 30.7 Å². The summed E-state index contributed by atoms with van der Waals surface area (Å²) in [6.45, 7) is 0.801. The lowest BCUT2D eigenvalue weighted by atomic mass is 9.75. The van der Waals surface area contributed by atoms with Gasteiger partial charge in [-0.15, -0.1) is 0 Å². The average Bonchev–Trinajstić information content (AvgIpc) is 3.46. The number of hydrogen-bond acceptors (Lipinski definition) is 9. The fraction of sp³-hybridized carbons (Fsp3) is 0.500. The number of benzene rings is 1. The normalized spacial score (nSPS) is 22.2. The van der Waals surface area contributed by atoms with Crippen molar-refractivity contribution in [1.82, 2.24) is 15.0 Å². The van der Waals surface area contributed by atoms with Crippen molar-refractivity contribution in [3.63, 3.8) is 0 Å². The SMILES string of the molecule is CS(=O)(=O)c1ccc(C(=O)C2C(=O)C3CCC(C3)C2=O)c(Cl)c1OCCOCCn1nccn1. The number of carbonyl (C=O) groups excluding carboxylic acids is 3. The Morgan fingerprint density at radius 1 is 1.09 bits per heavy atom. The third-order valence-corrected chi connectivity index (χ3v) is 7.67. The van der Waals surface area contributed by atoms with Crippen molar-refractivity contribution in [3.05, 3.63) is 35.1 Å². The molecular formula is C22H24ClN3O7S. The van der Waals surface area contributed by atoms with E-state index in [1.807, 2.05) is 0 Å². The Morgan fingerprint density at radius 3 is 2.35 bits per heavy atom. The van der Waals surface area contributed by atoms with Crippen molar-refractivity contribution in [3.8, 4) is 5.75 Å². The maximum absolute atomic E-state index is 13.2. The van der Waals surface area contributed by atoms with Crippen LogP contribution in [0.15, 0.2) is 29.4 Å². The van der Waals surface area contributed by atoms with E-state index < -0.39 is 21.5 Å². The van der Waals surface area contributed by atoms with Crippen LogP contribution >= 0.6 is 11.6 Å². The van der Waals surface area contributed by atoms with E-state index in [9.17, 15) is 22.8 Å². The van der Waals surface area contributed by atoms with Gasteiger partial charge in [0.15, 0.2) is 32.9 Å². The number of ketones is 3. The molecule has 0 spiro atoms. The van der Waals surface area contributed by atoms with E-state index >= 15 is 0 Å². The highest BCUT2D eigenvalue weighted by atomic mass is 35.5. The third-order valence-electron chi connectivity index (χ3n) is 6.17. The number of nitrogens with zero attached hydrogens (tertiary/aromatic N) is 3. The van der Waals surface area contributed by atoms with E-state index in [0.717, 1.165) is 6.26 Å². The van der Waals surface area contributed by atoms with Crippen molar-refractivity contribution in [2.24, 2.45) is 17.8 Å². The fourth-order valence-electron chi connectivity index (χ4n) is 4.49. The summed E-state index contributed by atoms with van der Waals surface area (Å²) >= 11 is 6.43. The van der Waals surface area contributed by atoms with Crippen molar-refractivity contribution < 1.29 is 32.3 Å². The van der Waals surface area contributed by atoms with Crippen LogP contribution in [0.4, 0.5) is 0 Å². The maximum atomic E-state index is 13.2. The molecule has 2 aromatic rings. The molecule has 2 aliphatic carbocycles. The van der Waals surface area contributed by atoms with Gasteiger partial charge in [0.25, 0.3) is 0 Å². The number of Topliss-reactive ketones (excluding diaryl/α,β-unsaturated/α-hetero) is 3. The topological polar surface area (TPSA) is 135 Å². The first-order chi connectivity index (χ1) is 16.2. The van der Waals surface area contributed by atoms with Crippen LogP contribution in [0.1, 0.15) is 29.6 Å². The molecule has 4 rings (SSSR count). The molecule has 2 unspecified atom stereocenters. The second-order valence-corrected chi connectivity index (χ2v) is 10.8. The molecule has 34 heavy (non-hydrogen) atoms. The van der Waals surface area contributed by atoms with Crippen molar-refractivity contribution >= 4 is 38.8 Å². The van der Waals surface area contributed by atoms with Crippen LogP contribution in [-0.4, -0.2) is 66.8 Å². The number of halogens is 1. The summed E-state index contributed by atoms with van der Waals surface area (Å²) in [6, 6.07) is 2.44. The molecule has 1 aromatic carbocycles. The Balaban J connectivity index is 1.50. The molecule has 10 nitrogen and oxygen atoms in total. The van der Waals surface area contributed by atoms with Gasteiger partial charge in [-0.1, -0.05) is 11.6 Å². The maximum Gasteiger partial charge on any atom is 0.182 e. The Kier molecular flexibility index (Phi) is 7.15. The van der Waals surface area contributed by atoms with E-state index in [2.05, 4.69) is 10.2 Å². The zero-order valence-corrected chi connectivity index (χ0v) is 20.0. The standard InChI is InChI=1S/C22H24ClN3O7S/c1-34(30,31)16-5-4-15(21(29)17-19(27)13-2-3-14(12-13)20(17)28)18(23)22(16)33-11-10-32-9-8-26-24-6-7-25-26/h4-7,13-14,17H,2-3,8-12H2,1H3. The first kappa shape index (κ1) is 24.5. The first-order valence-electron chi connectivity index (χ1n) is 10.9. The number of aromatic nitrogens is 3. The molecule has 0 saturated heterocycles. The molecule has 2 aliphatic rings. The van der Waals surface area contributed by atoms with E-state index in [1.165, 1.54) is 16.9 Å². The highest BCUT2D eigenvalue weighted by Gasteiger charge is 2.50. The predicted molar refractivity (Wildman–Crippen MR) is 120 cm³/mol. The van der Waals surface area contributed by atoms with Crippen LogP contribution in [0, 0.1) is 17.8 Å². The number of rotatable bonds is 10. The number of hydrogen-bond donors (Lipinski definition) is 0. The zero-order chi connectivity index (χ0) is 24.5. The van der Waals surface area contributed by atoms with Gasteiger partial charge in [-0.05, 0) is 31.4 Å². The van der Waals surface area contributed by atoms with Gasteiger partial charge in [0, 0.05) is 23.7 Å². The highest BCUT2D eigenvalue weighted by Crippen LogP contribution is 2.43. The van der Waals surface area contributed by atoms with Crippen LogP contribution < -0.4 is 4.74 Å². The molecular weight excluding hydrogens is 486 g/mol. The summed E-state index contributed by atoms with van der Waals surface area (Å²) in [5.74, 6) is -3.68. The number of carbonyl (C=O) groups is 3. The minimum atomic E-state index is -3.74. The number of sulfone groups is 1. The summed E-state index contributed by atoms with van der Waals surface area (Å²) in [5, 5.41) is 7.66. The average molecular weight is 510 g/mol. The third kappa shape index (κ3) is 4.91. The van der Waals surface area contributed by atoms with Crippen molar-refractivity contribution in [2.75, 3.05) is 26.1 Å². The minimum absolute atomic E-state index is 0.0438. The number of ether oxygens (including phenoxy) is 2. The highest BCUT2D eigenvalue weighted by molar-refractivity contribution is 7.90. The molecule has 0 radical (unpaired) electrons. The van der Waals surface area contributed by atoms with Gasteiger partial charge in [-0.25, -0.2) is 8.42 Å². The largest absolute Gasteiger partial charge is 0.488 e. The van der Waals surface area contributed by atoms with E-state index in [-0.39, 0.29) is 57.8 Å². The van der Waals surface area contributed by atoms with Crippen LogP contribution in [0.2, 0.25) is 5.02 Å².